The third-order valence-electron chi connectivity index (χ3n) is 4.54. The van der Waals surface area contributed by atoms with Crippen molar-refractivity contribution < 1.29 is 24.3 Å². The summed E-state index contributed by atoms with van der Waals surface area (Å²) in [7, 11) is 0. The number of nitrogens with one attached hydrogen (secondary N) is 3. The van der Waals surface area contributed by atoms with Crippen LogP contribution in [-0.4, -0.2) is 47.3 Å². The normalized spacial score (nSPS) is 13.5. The fourth-order valence-corrected chi connectivity index (χ4v) is 2.93. The van der Waals surface area contributed by atoms with Crippen molar-refractivity contribution in [1.29, 1.82) is 0 Å². The van der Waals surface area contributed by atoms with Gasteiger partial charge in [-0.15, -0.1) is 0 Å². The highest BCUT2D eigenvalue weighted by Crippen LogP contribution is 2.23. The van der Waals surface area contributed by atoms with E-state index in [-0.39, 0.29) is 0 Å². The Labute approximate surface area is 174 Å². The first-order valence-corrected chi connectivity index (χ1v) is 9.44. The second-order valence-corrected chi connectivity index (χ2v) is 6.95. The molecule has 0 saturated heterocycles. The van der Waals surface area contributed by atoms with Crippen LogP contribution in [0.5, 0.6) is 0 Å². The lowest BCUT2D eigenvalue weighted by molar-refractivity contribution is -0.139. The highest BCUT2D eigenvalue weighted by Gasteiger charge is 2.23. The zero-order chi connectivity index (χ0) is 22.3. The standard InChI is InChI=1S/C22H25N3O5/c1-13(18-10-6-8-16-7-4-5-9-19(16)18)23-14(2)21(29)24-15(3)22(30)25-17(12-26)11-20(27)28/h4-10,12,14-15,17,23H,1,11H2,2-3H3,(H,24,29)(H,25,30)(H,27,28)/t14-,15-,17?/m0/s1. The lowest BCUT2D eigenvalue weighted by atomic mass is 10.0. The topological polar surface area (TPSA) is 125 Å². The van der Waals surface area contributed by atoms with E-state index in [1.54, 1.807) is 6.92 Å². The van der Waals surface area contributed by atoms with Gasteiger partial charge in [0, 0.05) is 11.3 Å². The zero-order valence-electron chi connectivity index (χ0n) is 16.8. The molecule has 0 aliphatic carbocycles. The van der Waals surface area contributed by atoms with Crippen molar-refractivity contribution in [3.8, 4) is 0 Å². The molecule has 0 heterocycles. The van der Waals surface area contributed by atoms with Gasteiger partial charge in [-0.1, -0.05) is 49.0 Å². The van der Waals surface area contributed by atoms with Gasteiger partial charge >= 0.3 is 5.97 Å². The number of hydrogen-bond donors (Lipinski definition) is 4. The number of hydrogen-bond acceptors (Lipinski definition) is 5. The Balaban J connectivity index is 1.96. The first-order chi connectivity index (χ1) is 14.2. The predicted octanol–water partition coefficient (Wildman–Crippen LogP) is 1.45. The van der Waals surface area contributed by atoms with Crippen LogP contribution in [0.25, 0.3) is 16.5 Å². The van der Waals surface area contributed by atoms with Gasteiger partial charge in [0.1, 0.15) is 18.4 Å². The van der Waals surface area contributed by atoms with Gasteiger partial charge in [0.25, 0.3) is 0 Å². The van der Waals surface area contributed by atoms with Crippen LogP contribution >= 0.6 is 0 Å². The molecule has 8 heteroatoms. The first kappa shape index (κ1) is 22.6. The number of amides is 2. The third-order valence-corrected chi connectivity index (χ3v) is 4.54. The van der Waals surface area contributed by atoms with Gasteiger partial charge in [0.15, 0.2) is 0 Å². The molecular weight excluding hydrogens is 386 g/mol. The lowest BCUT2D eigenvalue weighted by Gasteiger charge is -2.21. The molecule has 2 aromatic carbocycles. The molecule has 0 saturated carbocycles. The molecule has 1 unspecified atom stereocenters. The van der Waals surface area contributed by atoms with Gasteiger partial charge in [-0.25, -0.2) is 0 Å². The summed E-state index contributed by atoms with van der Waals surface area (Å²) in [5.41, 5.74) is 1.43. The number of fused-ring (bicyclic) bond motifs is 1. The minimum Gasteiger partial charge on any atom is -0.481 e. The molecule has 2 amide bonds. The van der Waals surface area contributed by atoms with E-state index in [0.29, 0.717) is 12.0 Å². The molecule has 8 nitrogen and oxygen atoms in total. The Kier molecular flexibility index (Phi) is 7.69. The smallest absolute Gasteiger partial charge is 0.305 e. The average molecular weight is 411 g/mol. The van der Waals surface area contributed by atoms with Crippen LogP contribution in [0.1, 0.15) is 25.8 Å². The number of aldehydes is 1. The molecule has 0 fully saturated rings. The minimum absolute atomic E-state index is 0.346. The molecule has 4 N–H and O–H groups in total. The van der Waals surface area contributed by atoms with Crippen molar-refractivity contribution in [2.45, 2.75) is 38.4 Å². The largest absolute Gasteiger partial charge is 0.481 e. The van der Waals surface area contributed by atoms with Crippen LogP contribution < -0.4 is 16.0 Å². The summed E-state index contributed by atoms with van der Waals surface area (Å²) in [6, 6.07) is 10.8. The molecule has 0 aromatic heterocycles. The summed E-state index contributed by atoms with van der Waals surface area (Å²) in [6.45, 7) is 7.11. The van der Waals surface area contributed by atoms with Crippen LogP contribution in [0.4, 0.5) is 0 Å². The molecule has 0 aliphatic heterocycles. The highest BCUT2D eigenvalue weighted by molar-refractivity contribution is 5.95. The van der Waals surface area contributed by atoms with Crippen molar-refractivity contribution in [2.24, 2.45) is 0 Å². The van der Waals surface area contributed by atoms with Gasteiger partial charge in [-0.2, -0.15) is 0 Å². The van der Waals surface area contributed by atoms with Gasteiger partial charge in [0.2, 0.25) is 11.8 Å². The highest BCUT2D eigenvalue weighted by atomic mass is 16.4. The number of carbonyl (C=O) groups excluding carboxylic acids is 3. The number of aliphatic carboxylic acids is 1. The summed E-state index contributed by atoms with van der Waals surface area (Å²) in [4.78, 5) is 46.2. The Bertz CT molecular complexity index is 967. The van der Waals surface area contributed by atoms with Crippen molar-refractivity contribution in [1.82, 2.24) is 16.0 Å². The SMILES string of the molecule is C=C(N[C@@H](C)C(=O)N[C@@H](C)C(=O)NC(C=O)CC(=O)O)c1cccc2ccccc12. The van der Waals surface area contributed by atoms with Crippen molar-refractivity contribution >= 4 is 40.5 Å². The molecular formula is C22H25N3O5. The van der Waals surface area contributed by atoms with Crippen LogP contribution in [0.3, 0.4) is 0 Å². The molecule has 0 spiro atoms. The summed E-state index contributed by atoms with van der Waals surface area (Å²) >= 11 is 0. The van der Waals surface area contributed by atoms with Gasteiger partial charge in [0.05, 0.1) is 12.5 Å². The minimum atomic E-state index is -1.21. The number of carboxylic acids is 1. The number of rotatable bonds is 10. The fourth-order valence-electron chi connectivity index (χ4n) is 2.93. The molecule has 0 radical (unpaired) electrons. The summed E-state index contributed by atoms with van der Waals surface area (Å²) < 4.78 is 0. The van der Waals surface area contributed by atoms with E-state index in [4.69, 9.17) is 5.11 Å². The Morgan fingerprint density at radius 1 is 0.967 bits per heavy atom. The monoisotopic (exact) mass is 411 g/mol. The van der Waals surface area contributed by atoms with E-state index >= 15 is 0 Å². The number of carbonyl (C=O) groups is 4. The maximum Gasteiger partial charge on any atom is 0.305 e. The van der Waals surface area contributed by atoms with Crippen LogP contribution in [-0.2, 0) is 19.2 Å². The summed E-state index contributed by atoms with van der Waals surface area (Å²) in [5, 5.41) is 18.6. The molecule has 30 heavy (non-hydrogen) atoms. The number of carboxylic acid groups (broad SMARTS) is 1. The van der Waals surface area contributed by atoms with E-state index in [1.807, 2.05) is 42.5 Å². The van der Waals surface area contributed by atoms with Gasteiger partial charge in [-0.05, 0) is 24.6 Å². The first-order valence-electron chi connectivity index (χ1n) is 9.44. The molecule has 2 rings (SSSR count). The third kappa shape index (κ3) is 5.91. The maximum atomic E-state index is 12.5. The van der Waals surface area contributed by atoms with Crippen LogP contribution in [0.2, 0.25) is 0 Å². The van der Waals surface area contributed by atoms with E-state index in [1.165, 1.54) is 6.92 Å². The quantitative estimate of drug-likeness (QED) is 0.439. The van der Waals surface area contributed by atoms with E-state index in [2.05, 4.69) is 22.5 Å². The molecule has 158 valence electrons. The van der Waals surface area contributed by atoms with E-state index < -0.39 is 42.3 Å². The fraction of sp³-hybridized carbons (Fsp3) is 0.273. The molecule has 0 aliphatic rings. The average Bonchev–Trinajstić information content (AvgIpc) is 2.72. The van der Waals surface area contributed by atoms with Crippen molar-refractivity contribution in [3.63, 3.8) is 0 Å². The van der Waals surface area contributed by atoms with Crippen molar-refractivity contribution in [2.75, 3.05) is 0 Å². The van der Waals surface area contributed by atoms with E-state index in [0.717, 1.165) is 16.3 Å². The molecule has 3 atom stereocenters. The van der Waals surface area contributed by atoms with Crippen LogP contribution in [0, 0.1) is 0 Å². The van der Waals surface area contributed by atoms with Crippen LogP contribution in [0.15, 0.2) is 49.0 Å². The lowest BCUT2D eigenvalue weighted by Crippen LogP contribution is -2.52. The summed E-state index contributed by atoms with van der Waals surface area (Å²) in [6.07, 6.45) is -0.183. The Morgan fingerprint density at radius 2 is 1.57 bits per heavy atom. The second kappa shape index (κ2) is 10.2. The Hall–Kier alpha value is -3.68. The molecule has 2 aromatic rings. The van der Waals surface area contributed by atoms with Gasteiger partial charge in [-0.3, -0.25) is 14.4 Å². The zero-order valence-corrected chi connectivity index (χ0v) is 16.8. The van der Waals surface area contributed by atoms with Gasteiger partial charge < -0.3 is 25.9 Å². The van der Waals surface area contributed by atoms with Crippen molar-refractivity contribution in [3.05, 3.63) is 54.6 Å². The Morgan fingerprint density at radius 3 is 2.23 bits per heavy atom. The predicted molar refractivity (Wildman–Crippen MR) is 113 cm³/mol. The maximum absolute atomic E-state index is 12.5. The number of benzene rings is 2. The molecule has 0 bridgehead atoms. The van der Waals surface area contributed by atoms with E-state index in [9.17, 15) is 19.2 Å². The summed E-state index contributed by atoms with van der Waals surface area (Å²) in [5.74, 6) is -2.31. The second-order valence-electron chi connectivity index (χ2n) is 6.95.